The lowest BCUT2D eigenvalue weighted by molar-refractivity contribution is 0.488. The molecule has 1 aromatic heterocycles. The first-order chi connectivity index (χ1) is 11.5. The zero-order chi connectivity index (χ0) is 16.8. The van der Waals surface area contributed by atoms with Gasteiger partial charge in [-0.05, 0) is 61.2 Å². The van der Waals surface area contributed by atoms with E-state index in [4.69, 9.17) is 11.6 Å². The van der Waals surface area contributed by atoms with E-state index < -0.39 is 5.82 Å². The predicted octanol–water partition coefficient (Wildman–Crippen LogP) is 6.95. The third-order valence-electron chi connectivity index (χ3n) is 4.36. The van der Waals surface area contributed by atoms with Crippen LogP contribution in [0.1, 0.15) is 24.1 Å². The highest BCUT2D eigenvalue weighted by Crippen LogP contribution is 2.45. The van der Waals surface area contributed by atoms with Gasteiger partial charge in [0.25, 0.3) is 0 Å². The molecule has 0 amide bonds. The van der Waals surface area contributed by atoms with E-state index >= 15 is 0 Å². The Hall–Kier alpha value is -1.91. The molecular weight excluding hydrogens is 350 g/mol. The van der Waals surface area contributed by atoms with Crippen LogP contribution in [0.4, 0.5) is 8.78 Å². The molecular formula is C19H13ClF2OS. The lowest BCUT2D eigenvalue weighted by Gasteiger charge is -2.18. The first-order valence-electron chi connectivity index (χ1n) is 7.63. The molecule has 2 aromatic carbocycles. The summed E-state index contributed by atoms with van der Waals surface area (Å²) in [4.78, 5) is 0.589. The van der Waals surface area contributed by atoms with Crippen molar-refractivity contribution in [1.82, 2.24) is 0 Å². The van der Waals surface area contributed by atoms with Crippen LogP contribution in [0.3, 0.4) is 0 Å². The summed E-state index contributed by atoms with van der Waals surface area (Å²) in [6, 6.07) is 8.87. The molecule has 0 unspecified atom stereocenters. The molecule has 1 saturated carbocycles. The van der Waals surface area contributed by atoms with E-state index in [1.165, 1.54) is 29.5 Å². The van der Waals surface area contributed by atoms with Crippen molar-refractivity contribution in [2.45, 2.75) is 19.3 Å². The second-order valence-corrected chi connectivity index (χ2v) is 7.37. The van der Waals surface area contributed by atoms with Gasteiger partial charge in [-0.25, -0.2) is 8.78 Å². The fraction of sp³-hybridized carbons (Fsp3) is 0.158. The smallest absolute Gasteiger partial charge is 0.132 e. The monoisotopic (exact) mass is 362 g/mol. The first kappa shape index (κ1) is 15.6. The predicted molar refractivity (Wildman–Crippen MR) is 95.6 cm³/mol. The van der Waals surface area contributed by atoms with Crippen molar-refractivity contribution in [1.29, 1.82) is 0 Å². The van der Waals surface area contributed by atoms with Crippen LogP contribution in [-0.2, 0) is 0 Å². The summed E-state index contributed by atoms with van der Waals surface area (Å²) in [6.45, 7) is 0. The standard InChI is InChI=1S/C19H13ClF2OS/c20-11-4-6-13(15(22)8-11)17-14-7-5-12(21)9-16(14)24-19(17)18(23)10-2-1-3-10/h4-9,23H,1-3H2. The molecule has 3 aromatic rings. The molecule has 1 heterocycles. The topological polar surface area (TPSA) is 20.2 Å². The minimum Gasteiger partial charge on any atom is -0.506 e. The molecule has 1 nitrogen and oxygen atoms in total. The van der Waals surface area contributed by atoms with Crippen molar-refractivity contribution in [3.8, 4) is 11.1 Å². The summed E-state index contributed by atoms with van der Waals surface area (Å²) in [6.07, 6.45) is 2.73. The molecule has 5 heteroatoms. The Morgan fingerprint density at radius 2 is 1.88 bits per heavy atom. The number of hydrogen-bond donors (Lipinski definition) is 1. The summed E-state index contributed by atoms with van der Waals surface area (Å²) in [7, 11) is 0. The Morgan fingerprint density at radius 3 is 2.54 bits per heavy atom. The number of allylic oxidation sites excluding steroid dienone is 1. The molecule has 0 atom stereocenters. The SMILES string of the molecule is OC(=C1CCC1)c1sc2cc(F)ccc2c1-c1ccc(Cl)cc1F. The van der Waals surface area contributed by atoms with Gasteiger partial charge in [0, 0.05) is 26.2 Å². The lowest BCUT2D eigenvalue weighted by Crippen LogP contribution is -2.01. The highest BCUT2D eigenvalue weighted by Gasteiger charge is 2.24. The van der Waals surface area contributed by atoms with E-state index in [0.29, 0.717) is 25.7 Å². The van der Waals surface area contributed by atoms with Crippen molar-refractivity contribution < 1.29 is 13.9 Å². The Balaban J connectivity index is 2.04. The first-order valence-corrected chi connectivity index (χ1v) is 8.83. The number of fused-ring (bicyclic) bond motifs is 1. The second kappa shape index (κ2) is 5.87. The molecule has 4 rings (SSSR count). The molecule has 1 N–H and O–H groups in total. The number of aliphatic hydroxyl groups is 1. The van der Waals surface area contributed by atoms with Crippen LogP contribution in [0.5, 0.6) is 0 Å². The van der Waals surface area contributed by atoms with Gasteiger partial charge in [-0.1, -0.05) is 11.6 Å². The molecule has 1 aliphatic rings. The maximum atomic E-state index is 14.5. The molecule has 0 bridgehead atoms. The number of hydrogen-bond acceptors (Lipinski definition) is 2. The van der Waals surface area contributed by atoms with Crippen molar-refractivity contribution >= 4 is 38.8 Å². The van der Waals surface area contributed by atoms with Gasteiger partial charge >= 0.3 is 0 Å². The van der Waals surface area contributed by atoms with E-state index in [1.54, 1.807) is 18.2 Å². The maximum Gasteiger partial charge on any atom is 0.132 e. The van der Waals surface area contributed by atoms with E-state index in [1.807, 2.05) is 0 Å². The molecule has 1 aliphatic carbocycles. The van der Waals surface area contributed by atoms with Crippen LogP contribution >= 0.6 is 22.9 Å². The van der Waals surface area contributed by atoms with Gasteiger partial charge in [-0.2, -0.15) is 0 Å². The third kappa shape index (κ3) is 2.50. The summed E-state index contributed by atoms with van der Waals surface area (Å²) in [5.74, 6) is -0.611. The number of benzene rings is 2. The Morgan fingerprint density at radius 1 is 1.08 bits per heavy atom. The van der Waals surface area contributed by atoms with Crippen LogP contribution in [0.25, 0.3) is 27.0 Å². The van der Waals surface area contributed by atoms with E-state index in [-0.39, 0.29) is 11.6 Å². The maximum absolute atomic E-state index is 14.5. The zero-order valence-electron chi connectivity index (χ0n) is 12.6. The van der Waals surface area contributed by atoms with Crippen LogP contribution < -0.4 is 0 Å². The minimum absolute atomic E-state index is 0.201. The van der Waals surface area contributed by atoms with Gasteiger partial charge in [0.1, 0.15) is 17.4 Å². The van der Waals surface area contributed by atoms with Crippen molar-refractivity contribution in [2.24, 2.45) is 0 Å². The fourth-order valence-electron chi connectivity index (χ4n) is 2.95. The number of thiophene rings is 1. The van der Waals surface area contributed by atoms with Crippen molar-refractivity contribution in [3.05, 3.63) is 63.5 Å². The van der Waals surface area contributed by atoms with Crippen molar-refractivity contribution in [2.75, 3.05) is 0 Å². The summed E-state index contributed by atoms with van der Waals surface area (Å²) in [5, 5.41) is 11.7. The highest BCUT2D eigenvalue weighted by atomic mass is 35.5. The van der Waals surface area contributed by atoms with Crippen LogP contribution in [0, 0.1) is 11.6 Å². The average Bonchev–Trinajstić information content (AvgIpc) is 2.84. The second-order valence-electron chi connectivity index (χ2n) is 5.88. The fourth-order valence-corrected chi connectivity index (χ4v) is 4.34. The molecule has 0 spiro atoms. The number of halogens is 3. The Labute approximate surface area is 146 Å². The molecule has 24 heavy (non-hydrogen) atoms. The van der Waals surface area contributed by atoms with Crippen molar-refractivity contribution in [3.63, 3.8) is 0 Å². The number of aliphatic hydroxyl groups excluding tert-OH is 1. The van der Waals surface area contributed by atoms with E-state index in [2.05, 4.69) is 0 Å². The van der Waals surface area contributed by atoms with Crippen LogP contribution in [-0.4, -0.2) is 5.11 Å². The molecule has 122 valence electrons. The summed E-state index contributed by atoms with van der Waals surface area (Å²) < 4.78 is 28.8. The van der Waals surface area contributed by atoms with Gasteiger partial charge in [-0.3, -0.25) is 0 Å². The Kier molecular flexibility index (Phi) is 3.82. The van der Waals surface area contributed by atoms with Crippen LogP contribution in [0.2, 0.25) is 5.02 Å². The van der Waals surface area contributed by atoms with Gasteiger partial charge in [-0.15, -0.1) is 11.3 Å². The van der Waals surface area contributed by atoms with Gasteiger partial charge in [0.2, 0.25) is 0 Å². The quantitative estimate of drug-likeness (QED) is 0.489. The highest BCUT2D eigenvalue weighted by molar-refractivity contribution is 7.20. The Bertz CT molecular complexity index is 984. The van der Waals surface area contributed by atoms with E-state index in [9.17, 15) is 13.9 Å². The third-order valence-corrected chi connectivity index (χ3v) is 5.75. The largest absolute Gasteiger partial charge is 0.506 e. The summed E-state index contributed by atoms with van der Waals surface area (Å²) in [5.41, 5.74) is 1.93. The van der Waals surface area contributed by atoms with Gasteiger partial charge < -0.3 is 5.11 Å². The molecule has 0 radical (unpaired) electrons. The lowest BCUT2D eigenvalue weighted by atomic mass is 9.89. The van der Waals surface area contributed by atoms with Crippen LogP contribution in [0.15, 0.2) is 42.0 Å². The zero-order valence-corrected chi connectivity index (χ0v) is 14.1. The molecule has 0 saturated heterocycles. The summed E-state index contributed by atoms with van der Waals surface area (Å²) >= 11 is 7.14. The van der Waals surface area contributed by atoms with E-state index in [0.717, 1.165) is 30.2 Å². The normalized spacial score (nSPS) is 14.0. The van der Waals surface area contributed by atoms with Gasteiger partial charge in [0.15, 0.2) is 0 Å². The average molecular weight is 363 g/mol. The molecule has 0 aliphatic heterocycles. The molecule has 1 fully saturated rings. The number of rotatable bonds is 2. The van der Waals surface area contributed by atoms with Gasteiger partial charge in [0.05, 0.1) is 4.88 Å². The minimum atomic E-state index is -0.459.